The molecule has 1 saturated heterocycles. The van der Waals surface area contributed by atoms with Crippen LogP contribution in [0.2, 0.25) is 0 Å². The van der Waals surface area contributed by atoms with E-state index >= 15 is 0 Å². The molecule has 6 heteroatoms. The molecule has 0 spiro atoms. The third-order valence-electron chi connectivity index (χ3n) is 3.01. The Morgan fingerprint density at radius 1 is 1.60 bits per heavy atom. The van der Waals surface area contributed by atoms with E-state index in [-0.39, 0.29) is 18.4 Å². The predicted octanol–water partition coefficient (Wildman–Crippen LogP) is 0.442. The van der Waals surface area contributed by atoms with E-state index in [4.69, 9.17) is 5.11 Å². The summed E-state index contributed by atoms with van der Waals surface area (Å²) < 4.78 is 0. The Bertz CT molecular complexity index is 570. The summed E-state index contributed by atoms with van der Waals surface area (Å²) in [4.78, 5) is 26.7. The molecule has 0 aromatic carbocycles. The SMILES string of the molecule is CN1CCC(NC(=O)c2ccc(C#CCCO)s2)C1=O. The molecule has 0 saturated carbocycles. The van der Waals surface area contributed by atoms with Gasteiger partial charge in [-0.2, -0.15) is 0 Å². The van der Waals surface area contributed by atoms with Gasteiger partial charge in [0.05, 0.1) is 16.4 Å². The number of amides is 2. The molecule has 2 heterocycles. The van der Waals surface area contributed by atoms with Gasteiger partial charge in [0.2, 0.25) is 5.91 Å². The fourth-order valence-corrected chi connectivity index (χ4v) is 2.70. The number of nitrogens with zero attached hydrogens (tertiary/aromatic N) is 1. The van der Waals surface area contributed by atoms with Crippen molar-refractivity contribution < 1.29 is 14.7 Å². The van der Waals surface area contributed by atoms with Crippen LogP contribution in [0.3, 0.4) is 0 Å². The van der Waals surface area contributed by atoms with Crippen molar-refractivity contribution in [3.8, 4) is 11.8 Å². The molecule has 1 fully saturated rings. The molecule has 0 aliphatic carbocycles. The van der Waals surface area contributed by atoms with E-state index in [1.807, 2.05) is 0 Å². The minimum atomic E-state index is -0.418. The molecule has 1 aliphatic rings. The van der Waals surface area contributed by atoms with E-state index in [1.54, 1.807) is 24.1 Å². The Morgan fingerprint density at radius 2 is 2.40 bits per heavy atom. The van der Waals surface area contributed by atoms with Crippen molar-refractivity contribution >= 4 is 23.2 Å². The number of aliphatic hydroxyl groups excluding tert-OH is 1. The van der Waals surface area contributed by atoms with E-state index in [2.05, 4.69) is 17.2 Å². The van der Waals surface area contributed by atoms with Crippen molar-refractivity contribution in [2.45, 2.75) is 18.9 Å². The van der Waals surface area contributed by atoms with Crippen LogP contribution >= 0.6 is 11.3 Å². The molecule has 20 heavy (non-hydrogen) atoms. The molecule has 1 aliphatic heterocycles. The standard InChI is InChI=1S/C14H16N2O3S/c1-16-8-7-11(14(16)19)15-13(18)12-6-5-10(20-12)4-2-3-9-17/h5-6,11,17H,3,7-9H2,1H3,(H,15,18). The molecule has 2 N–H and O–H groups in total. The van der Waals surface area contributed by atoms with E-state index in [0.29, 0.717) is 24.3 Å². The average molecular weight is 292 g/mol. The first-order valence-electron chi connectivity index (χ1n) is 6.37. The van der Waals surface area contributed by atoms with Crippen molar-refractivity contribution in [1.29, 1.82) is 0 Å². The third kappa shape index (κ3) is 3.38. The smallest absolute Gasteiger partial charge is 0.262 e. The zero-order chi connectivity index (χ0) is 14.5. The quantitative estimate of drug-likeness (QED) is 0.794. The van der Waals surface area contributed by atoms with Crippen molar-refractivity contribution in [2.75, 3.05) is 20.2 Å². The van der Waals surface area contributed by atoms with Gasteiger partial charge in [0.15, 0.2) is 0 Å². The van der Waals surface area contributed by atoms with Crippen LogP contribution < -0.4 is 5.32 Å². The fourth-order valence-electron chi connectivity index (χ4n) is 1.92. The number of thiophene rings is 1. The van der Waals surface area contributed by atoms with Gasteiger partial charge in [-0.3, -0.25) is 9.59 Å². The van der Waals surface area contributed by atoms with Gasteiger partial charge >= 0.3 is 0 Å². The van der Waals surface area contributed by atoms with Crippen molar-refractivity contribution in [3.63, 3.8) is 0 Å². The second-order valence-electron chi connectivity index (χ2n) is 4.51. The highest BCUT2D eigenvalue weighted by Gasteiger charge is 2.30. The minimum Gasteiger partial charge on any atom is -0.395 e. The lowest BCUT2D eigenvalue weighted by Crippen LogP contribution is -2.40. The van der Waals surface area contributed by atoms with Gasteiger partial charge in [-0.15, -0.1) is 11.3 Å². The lowest BCUT2D eigenvalue weighted by atomic mass is 10.2. The number of nitrogens with one attached hydrogen (secondary N) is 1. The largest absolute Gasteiger partial charge is 0.395 e. The summed E-state index contributed by atoms with van der Waals surface area (Å²) in [5, 5.41) is 11.4. The van der Waals surface area contributed by atoms with Gasteiger partial charge in [0, 0.05) is 20.0 Å². The minimum absolute atomic E-state index is 0.0308. The third-order valence-corrected chi connectivity index (χ3v) is 4.01. The van der Waals surface area contributed by atoms with Crippen LogP contribution in [0.15, 0.2) is 12.1 Å². The molecule has 2 amide bonds. The summed E-state index contributed by atoms with van der Waals surface area (Å²) in [6.45, 7) is 0.704. The highest BCUT2D eigenvalue weighted by Crippen LogP contribution is 2.16. The molecule has 5 nitrogen and oxygen atoms in total. The van der Waals surface area contributed by atoms with Crippen LogP contribution in [0.1, 0.15) is 27.4 Å². The fraction of sp³-hybridized carbons (Fsp3) is 0.429. The number of hydrogen-bond acceptors (Lipinski definition) is 4. The molecule has 0 radical (unpaired) electrons. The molecule has 1 atom stereocenters. The first-order valence-corrected chi connectivity index (χ1v) is 7.19. The highest BCUT2D eigenvalue weighted by molar-refractivity contribution is 7.14. The van der Waals surface area contributed by atoms with Crippen LogP contribution in [0.4, 0.5) is 0 Å². The Morgan fingerprint density at radius 3 is 3.05 bits per heavy atom. The van der Waals surface area contributed by atoms with Gasteiger partial charge in [-0.25, -0.2) is 0 Å². The molecule has 1 unspecified atom stereocenters. The average Bonchev–Trinajstić information content (AvgIpc) is 3.01. The topological polar surface area (TPSA) is 69.6 Å². The summed E-state index contributed by atoms with van der Waals surface area (Å²) in [6.07, 6.45) is 1.07. The monoisotopic (exact) mass is 292 g/mol. The van der Waals surface area contributed by atoms with Crippen LogP contribution in [0.25, 0.3) is 0 Å². The van der Waals surface area contributed by atoms with Gasteiger partial charge < -0.3 is 15.3 Å². The normalized spacial score (nSPS) is 17.8. The second kappa shape index (κ2) is 6.55. The number of aliphatic hydroxyl groups is 1. The maximum absolute atomic E-state index is 12.0. The van der Waals surface area contributed by atoms with E-state index < -0.39 is 6.04 Å². The van der Waals surface area contributed by atoms with Crippen LogP contribution in [0.5, 0.6) is 0 Å². The lowest BCUT2D eigenvalue weighted by Gasteiger charge is -2.11. The molecule has 1 aromatic heterocycles. The van der Waals surface area contributed by atoms with Gasteiger partial charge in [0.1, 0.15) is 6.04 Å². The van der Waals surface area contributed by atoms with E-state index in [9.17, 15) is 9.59 Å². The highest BCUT2D eigenvalue weighted by atomic mass is 32.1. The molecule has 106 valence electrons. The summed E-state index contributed by atoms with van der Waals surface area (Å²) in [5.41, 5.74) is 0. The molecule has 0 bridgehead atoms. The van der Waals surface area contributed by atoms with Gasteiger partial charge in [0.25, 0.3) is 5.91 Å². The molecule has 1 aromatic rings. The molecular weight excluding hydrogens is 276 g/mol. The maximum atomic E-state index is 12.0. The lowest BCUT2D eigenvalue weighted by molar-refractivity contribution is -0.128. The number of carbonyl (C=O) groups is 2. The maximum Gasteiger partial charge on any atom is 0.262 e. The van der Waals surface area contributed by atoms with Crippen molar-refractivity contribution in [3.05, 3.63) is 21.9 Å². The van der Waals surface area contributed by atoms with E-state index in [1.165, 1.54) is 11.3 Å². The Hall–Kier alpha value is -1.84. The Labute approximate surface area is 121 Å². The Kier molecular flexibility index (Phi) is 4.77. The summed E-state index contributed by atoms with van der Waals surface area (Å²) >= 11 is 1.28. The Balaban J connectivity index is 1.97. The van der Waals surface area contributed by atoms with Crippen molar-refractivity contribution in [2.24, 2.45) is 0 Å². The summed E-state index contributed by atoms with van der Waals surface area (Å²) in [7, 11) is 1.73. The summed E-state index contributed by atoms with van der Waals surface area (Å²) in [6, 6.07) is 3.05. The predicted molar refractivity (Wildman–Crippen MR) is 76.4 cm³/mol. The molecule has 2 rings (SSSR count). The number of carbonyl (C=O) groups excluding carboxylic acids is 2. The number of likely N-dealkylation sites (tertiary alicyclic amines) is 1. The van der Waals surface area contributed by atoms with Crippen molar-refractivity contribution in [1.82, 2.24) is 10.2 Å². The number of likely N-dealkylation sites (N-methyl/N-ethyl adjacent to an activating group) is 1. The van der Waals surface area contributed by atoms with Crippen LogP contribution in [0, 0.1) is 11.8 Å². The summed E-state index contributed by atoms with van der Waals surface area (Å²) in [5.74, 6) is 5.41. The first-order chi connectivity index (χ1) is 9.61. The van der Waals surface area contributed by atoms with Gasteiger partial charge in [-0.1, -0.05) is 11.8 Å². The second-order valence-corrected chi connectivity index (χ2v) is 5.60. The number of hydrogen-bond donors (Lipinski definition) is 2. The zero-order valence-electron chi connectivity index (χ0n) is 11.2. The van der Waals surface area contributed by atoms with E-state index in [0.717, 1.165) is 4.88 Å². The van der Waals surface area contributed by atoms with Crippen LogP contribution in [-0.4, -0.2) is 48.1 Å². The zero-order valence-corrected chi connectivity index (χ0v) is 12.0. The first kappa shape index (κ1) is 14.6. The molecular formula is C14H16N2O3S. The number of rotatable bonds is 3. The van der Waals surface area contributed by atoms with Gasteiger partial charge in [-0.05, 0) is 18.6 Å². The van der Waals surface area contributed by atoms with Crippen LogP contribution in [-0.2, 0) is 4.79 Å².